The molecule has 11 rings (SSSR count). The van der Waals surface area contributed by atoms with Crippen molar-refractivity contribution in [1.82, 2.24) is 15.0 Å². The van der Waals surface area contributed by atoms with E-state index in [0.717, 1.165) is 108 Å². The average molecular weight is 1130 g/mol. The van der Waals surface area contributed by atoms with Gasteiger partial charge in [0.2, 0.25) is 0 Å². The molecule has 0 amide bonds. The maximum Gasteiger partial charge on any atom is 0.185 e. The van der Waals surface area contributed by atoms with Gasteiger partial charge in [0.05, 0.1) is 22.8 Å². The Hall–Kier alpha value is -5.32. The van der Waals surface area contributed by atoms with E-state index < -0.39 is 27.8 Å². The first-order valence-electron chi connectivity index (χ1n) is 32.6. The number of hydrogen-bond donors (Lipinski definition) is 0. The zero-order chi connectivity index (χ0) is 57.1. The summed E-state index contributed by atoms with van der Waals surface area (Å²) in [5, 5.41) is 0. The van der Waals surface area contributed by atoms with Gasteiger partial charge in [0.15, 0.2) is 16.6 Å². The monoisotopic (exact) mass is 1130 g/mol. The molecule has 434 valence electrons. The van der Waals surface area contributed by atoms with Crippen molar-refractivity contribution in [3.63, 3.8) is 0 Å². The van der Waals surface area contributed by atoms with Crippen LogP contribution in [0.1, 0.15) is 210 Å². The van der Waals surface area contributed by atoms with Crippen molar-refractivity contribution < 1.29 is 8.85 Å². The van der Waals surface area contributed by atoms with Gasteiger partial charge in [-0.3, -0.25) is 9.97 Å². The van der Waals surface area contributed by atoms with Gasteiger partial charge in [-0.15, -0.1) is 0 Å². The van der Waals surface area contributed by atoms with Crippen LogP contribution in [0.3, 0.4) is 0 Å². The summed E-state index contributed by atoms with van der Waals surface area (Å²) in [7, 11) is -4.49. The van der Waals surface area contributed by atoms with Crippen LogP contribution < -0.4 is 0 Å². The van der Waals surface area contributed by atoms with E-state index >= 15 is 0 Å². The fourth-order valence-electron chi connectivity index (χ4n) is 13.4. The first-order chi connectivity index (χ1) is 39.9. The molecule has 2 aliphatic carbocycles. The van der Waals surface area contributed by atoms with E-state index in [0.29, 0.717) is 0 Å². The molecule has 5 heterocycles. The molecule has 0 saturated heterocycles. The van der Waals surface area contributed by atoms with Gasteiger partial charge in [-0.1, -0.05) is 256 Å². The highest BCUT2D eigenvalue weighted by atomic mass is 28.4. The minimum atomic E-state index is -2.25. The van der Waals surface area contributed by atoms with Crippen molar-refractivity contribution in [3.05, 3.63) is 208 Å². The molecular weight excluding hydrogens is 1030 g/mol. The molecule has 0 spiro atoms. The van der Waals surface area contributed by atoms with Crippen LogP contribution in [-0.4, -0.2) is 31.6 Å². The van der Waals surface area contributed by atoms with Crippen molar-refractivity contribution in [1.29, 1.82) is 0 Å². The Kier molecular flexibility index (Phi) is 22.4. The first kappa shape index (κ1) is 61.3. The smallest absolute Gasteiger partial charge is 0.185 e. The Balaban J connectivity index is 1.27. The van der Waals surface area contributed by atoms with Gasteiger partial charge in [-0.05, 0) is 148 Å². The lowest BCUT2D eigenvalue weighted by Gasteiger charge is -2.42. The van der Waals surface area contributed by atoms with Crippen LogP contribution in [0.5, 0.6) is 0 Å². The van der Waals surface area contributed by atoms with Crippen LogP contribution in [0.4, 0.5) is 0 Å². The standard InChI is InChI=1S/C75H99N3O2Si2/c1-81(2,3)79-74(62-46-33-27-34-47-62,63-48-35-28-36-49-63)66-58-60-44-31-23-19-15-11-7-9-13-17-21-25-41-54-68(66)77-72(60)70-56-43-57-71(76-70)73-61-45-32-24-20-16-12-8-10-14-18-22-26-42-55-69(78-73)67(59-61)75(80-82(4,5)6,64-50-37-29-38-51-64)65-52-39-30-40-53-65/h27-30,33-40,43,46-53,56-59H,7-26,31-32,41-42,44-45,54-55H2,1-6H3. The fourth-order valence-corrected chi connectivity index (χ4v) is 15.9. The third kappa shape index (κ3) is 16.1. The highest BCUT2D eigenvalue weighted by Crippen LogP contribution is 2.48. The zero-order valence-corrected chi connectivity index (χ0v) is 53.4. The number of aromatic nitrogens is 3. The molecule has 0 unspecified atom stereocenters. The Morgan fingerprint density at radius 2 is 0.549 bits per heavy atom. The van der Waals surface area contributed by atoms with Crippen LogP contribution in [0.15, 0.2) is 152 Å². The van der Waals surface area contributed by atoms with Crippen LogP contribution in [0, 0.1) is 0 Å². The lowest BCUT2D eigenvalue weighted by Crippen LogP contribution is -2.43. The van der Waals surface area contributed by atoms with Gasteiger partial charge < -0.3 is 8.85 Å². The van der Waals surface area contributed by atoms with Crippen LogP contribution in [-0.2, 0) is 45.7 Å². The van der Waals surface area contributed by atoms with Crippen molar-refractivity contribution in [3.8, 4) is 22.8 Å². The zero-order valence-electron chi connectivity index (χ0n) is 51.4. The Morgan fingerprint density at radius 1 is 0.293 bits per heavy atom. The molecule has 0 atom stereocenters. The predicted octanol–water partition coefficient (Wildman–Crippen LogP) is 21.1. The molecule has 2 aliphatic heterocycles. The lowest BCUT2D eigenvalue weighted by atomic mass is 9.78. The molecular formula is C75H99N3O2Si2. The number of rotatable bonds is 12. The quantitative estimate of drug-likeness (QED) is 0.114. The molecule has 5 nitrogen and oxygen atoms in total. The average Bonchev–Trinajstić information content (AvgIpc) is 3.63. The van der Waals surface area contributed by atoms with Crippen LogP contribution in [0.2, 0.25) is 39.3 Å². The normalized spacial score (nSPS) is 16.9. The highest BCUT2D eigenvalue weighted by Gasteiger charge is 2.45. The molecule has 4 aliphatic rings. The molecule has 7 heteroatoms. The lowest BCUT2D eigenvalue weighted by molar-refractivity contribution is 0.144. The Labute approximate surface area is 498 Å². The number of fused-ring (bicyclic) bond motifs is 30. The van der Waals surface area contributed by atoms with Gasteiger partial charge in [-0.2, -0.15) is 0 Å². The maximum absolute atomic E-state index is 7.82. The van der Waals surface area contributed by atoms with Crippen LogP contribution >= 0.6 is 0 Å². The van der Waals surface area contributed by atoms with E-state index in [1.807, 2.05) is 0 Å². The second-order valence-electron chi connectivity index (χ2n) is 26.1. The van der Waals surface area contributed by atoms with E-state index in [-0.39, 0.29) is 0 Å². The number of nitrogens with zero attached hydrogens (tertiary/aromatic N) is 3. The summed E-state index contributed by atoms with van der Waals surface area (Å²) < 4.78 is 15.6. The number of aryl methyl sites for hydroxylation is 4. The molecule has 4 aromatic carbocycles. The van der Waals surface area contributed by atoms with Gasteiger partial charge in [0.25, 0.3) is 0 Å². The third-order valence-electron chi connectivity index (χ3n) is 17.2. The largest absolute Gasteiger partial charge is 0.400 e. The summed E-state index contributed by atoms with van der Waals surface area (Å²) in [5.41, 5.74) is 14.0. The highest BCUT2D eigenvalue weighted by molar-refractivity contribution is 6.70. The van der Waals surface area contributed by atoms with Crippen molar-refractivity contribution in [2.24, 2.45) is 0 Å². The second-order valence-corrected chi connectivity index (χ2v) is 35.0. The van der Waals surface area contributed by atoms with Crippen LogP contribution in [0.25, 0.3) is 22.8 Å². The maximum atomic E-state index is 7.82. The van der Waals surface area contributed by atoms with E-state index in [2.05, 4.69) is 191 Å². The van der Waals surface area contributed by atoms with Crippen molar-refractivity contribution in [2.45, 2.75) is 230 Å². The Morgan fingerprint density at radius 3 is 0.817 bits per heavy atom. The minimum absolute atomic E-state index is 0.847. The summed E-state index contributed by atoms with van der Waals surface area (Å²) >= 11 is 0. The van der Waals surface area contributed by atoms with Gasteiger partial charge in [0, 0.05) is 22.5 Å². The predicted molar refractivity (Wildman–Crippen MR) is 351 cm³/mol. The number of benzene rings is 4. The van der Waals surface area contributed by atoms with E-state index in [9.17, 15) is 0 Å². The number of hydrogen-bond acceptors (Lipinski definition) is 5. The molecule has 0 radical (unpaired) electrons. The Bertz CT molecular complexity index is 2740. The van der Waals surface area contributed by atoms with E-state index in [4.69, 9.17) is 23.8 Å². The molecule has 82 heavy (non-hydrogen) atoms. The third-order valence-corrected chi connectivity index (χ3v) is 19.1. The van der Waals surface area contributed by atoms with Gasteiger partial charge in [0.1, 0.15) is 11.2 Å². The number of pyridine rings is 3. The fraction of sp³-hybridized carbons (Fsp3) is 0.480. The molecule has 0 N–H and O–H groups in total. The molecule has 7 aromatic rings. The summed E-state index contributed by atoms with van der Waals surface area (Å²) in [6.45, 7) is 14.1. The topological polar surface area (TPSA) is 57.1 Å². The molecule has 3 aromatic heterocycles. The summed E-state index contributed by atoms with van der Waals surface area (Å²) in [6, 6.07) is 56.2. The summed E-state index contributed by atoms with van der Waals surface area (Å²) in [5.74, 6) is 0. The van der Waals surface area contributed by atoms with E-state index in [1.165, 1.54) is 151 Å². The van der Waals surface area contributed by atoms with Crippen molar-refractivity contribution >= 4 is 16.6 Å². The van der Waals surface area contributed by atoms with Crippen molar-refractivity contribution in [2.75, 3.05) is 0 Å². The molecule has 4 bridgehead atoms. The minimum Gasteiger partial charge on any atom is -0.400 e. The first-order valence-corrected chi connectivity index (χ1v) is 39.4. The van der Waals surface area contributed by atoms with Gasteiger partial charge >= 0.3 is 0 Å². The SMILES string of the molecule is C[Si](C)(C)OC(c1ccccc1)(c1ccccc1)c1cc2c(-c3cccc(-c4nc5c(C(O[Si](C)(C)C)(c6ccccc6)c6ccccc6)cc4CCCCCCCCCCCCCC5)n3)nc1CCCCCCCCCCCCCC2. The van der Waals surface area contributed by atoms with E-state index in [1.54, 1.807) is 0 Å². The molecule has 0 saturated carbocycles. The summed E-state index contributed by atoms with van der Waals surface area (Å²) in [4.78, 5) is 17.9. The summed E-state index contributed by atoms with van der Waals surface area (Å²) in [6.07, 6.45) is 33.9. The molecule has 0 fully saturated rings. The van der Waals surface area contributed by atoms with Gasteiger partial charge in [-0.25, -0.2) is 4.98 Å². The second kappa shape index (κ2) is 30.0.